The van der Waals surface area contributed by atoms with Gasteiger partial charge in [-0.15, -0.1) is 0 Å². The molecule has 0 unspecified atom stereocenters. The largest absolute Gasteiger partial charge is 0.481 e. The van der Waals surface area contributed by atoms with E-state index in [2.05, 4.69) is 6.92 Å². The minimum Gasteiger partial charge on any atom is -0.481 e. The molecule has 0 aliphatic heterocycles. The van der Waals surface area contributed by atoms with Gasteiger partial charge in [0, 0.05) is 6.42 Å². The second-order valence-electron chi connectivity index (χ2n) is 6.32. The lowest BCUT2D eigenvalue weighted by Gasteiger charge is -2.02. The first-order chi connectivity index (χ1) is 11.2. The Morgan fingerprint density at radius 3 is 1.26 bits per heavy atom. The molecule has 0 saturated heterocycles. The molecular weight excluding hydrogens is 288 g/mol. The molecule has 4 heteroatoms. The van der Waals surface area contributed by atoms with E-state index >= 15 is 0 Å². The van der Waals surface area contributed by atoms with Gasteiger partial charge >= 0.3 is 5.97 Å². The second-order valence-corrected chi connectivity index (χ2v) is 6.32. The van der Waals surface area contributed by atoms with Gasteiger partial charge in [0.2, 0.25) is 0 Å². The van der Waals surface area contributed by atoms with Gasteiger partial charge in [-0.05, 0) is 25.9 Å². The molecule has 4 nitrogen and oxygen atoms in total. The van der Waals surface area contributed by atoms with Gasteiger partial charge in [0.05, 0.1) is 0 Å². The number of hydrogen-bond donors (Lipinski definition) is 3. The molecule has 140 valence electrons. The summed E-state index contributed by atoms with van der Waals surface area (Å²) in [6, 6.07) is 0. The van der Waals surface area contributed by atoms with Crippen molar-refractivity contribution in [1.82, 2.24) is 0 Å². The molecule has 0 spiro atoms. The summed E-state index contributed by atoms with van der Waals surface area (Å²) in [5, 5.41) is 8.49. The Labute approximate surface area is 144 Å². The van der Waals surface area contributed by atoms with Gasteiger partial charge in [0.15, 0.2) is 0 Å². The van der Waals surface area contributed by atoms with Gasteiger partial charge in [-0.3, -0.25) is 4.79 Å². The van der Waals surface area contributed by atoms with Crippen LogP contribution < -0.4 is 11.5 Å². The smallest absolute Gasteiger partial charge is 0.303 e. The first-order valence-electron chi connectivity index (χ1n) is 9.80. The molecule has 0 aromatic rings. The fourth-order valence-electron chi connectivity index (χ4n) is 2.41. The number of aliphatic carboxylic acids is 1. The molecule has 0 rings (SSSR count). The summed E-state index contributed by atoms with van der Waals surface area (Å²) in [6.45, 7) is 3.70. The Morgan fingerprint density at radius 1 is 0.652 bits per heavy atom. The maximum atomic E-state index is 10.3. The zero-order valence-corrected chi connectivity index (χ0v) is 15.5. The van der Waals surface area contributed by atoms with E-state index in [4.69, 9.17) is 16.6 Å². The van der Waals surface area contributed by atoms with E-state index in [1.807, 2.05) is 0 Å². The van der Waals surface area contributed by atoms with Gasteiger partial charge in [-0.2, -0.15) is 0 Å². The topological polar surface area (TPSA) is 89.3 Å². The molecular formula is C19H42N2O2. The molecule has 0 aliphatic rings. The SMILES string of the molecule is CCCCCCCCCCCCCCCC(=O)O.NCCCN. The average molecular weight is 331 g/mol. The first-order valence-corrected chi connectivity index (χ1v) is 9.80. The Bertz CT molecular complexity index is 221. The Kier molecular flexibility index (Phi) is 25.3. The molecule has 0 fully saturated rings. The van der Waals surface area contributed by atoms with Crippen LogP contribution in [-0.2, 0) is 4.79 Å². The molecule has 0 radical (unpaired) electrons. The summed E-state index contributed by atoms with van der Waals surface area (Å²) in [5.74, 6) is -0.655. The summed E-state index contributed by atoms with van der Waals surface area (Å²) >= 11 is 0. The van der Waals surface area contributed by atoms with Crippen molar-refractivity contribution in [2.75, 3.05) is 13.1 Å². The number of carboxylic acids is 1. The number of nitrogens with two attached hydrogens (primary N) is 2. The molecule has 0 aliphatic carbocycles. The van der Waals surface area contributed by atoms with E-state index in [0.29, 0.717) is 6.42 Å². The van der Waals surface area contributed by atoms with Crippen LogP contribution in [0.1, 0.15) is 103 Å². The monoisotopic (exact) mass is 330 g/mol. The van der Waals surface area contributed by atoms with Crippen LogP contribution in [0.25, 0.3) is 0 Å². The molecule has 0 atom stereocenters. The van der Waals surface area contributed by atoms with Crippen LogP contribution in [0, 0.1) is 0 Å². The van der Waals surface area contributed by atoms with Crippen LogP contribution >= 0.6 is 0 Å². The first kappa shape index (κ1) is 24.6. The summed E-state index contributed by atoms with van der Waals surface area (Å²) < 4.78 is 0. The zero-order valence-electron chi connectivity index (χ0n) is 15.5. The predicted molar refractivity (Wildman–Crippen MR) is 101 cm³/mol. The average Bonchev–Trinajstić information content (AvgIpc) is 2.53. The van der Waals surface area contributed by atoms with Crippen molar-refractivity contribution < 1.29 is 9.90 Å². The fourth-order valence-corrected chi connectivity index (χ4v) is 2.41. The van der Waals surface area contributed by atoms with Gasteiger partial charge < -0.3 is 16.6 Å². The van der Waals surface area contributed by atoms with E-state index in [1.54, 1.807) is 0 Å². The van der Waals surface area contributed by atoms with Crippen molar-refractivity contribution in [3.63, 3.8) is 0 Å². The number of carboxylic acid groups (broad SMARTS) is 1. The summed E-state index contributed by atoms with van der Waals surface area (Å²) in [6.07, 6.45) is 18.2. The van der Waals surface area contributed by atoms with Crippen molar-refractivity contribution in [2.24, 2.45) is 11.5 Å². The highest BCUT2D eigenvalue weighted by atomic mass is 16.4. The number of rotatable bonds is 16. The fraction of sp³-hybridized carbons (Fsp3) is 0.947. The van der Waals surface area contributed by atoms with Crippen LogP contribution in [0.15, 0.2) is 0 Å². The van der Waals surface area contributed by atoms with Crippen LogP contribution in [-0.4, -0.2) is 24.2 Å². The highest BCUT2D eigenvalue weighted by Gasteiger charge is 1.96. The maximum Gasteiger partial charge on any atom is 0.303 e. The Hall–Kier alpha value is -0.610. The van der Waals surface area contributed by atoms with Gasteiger partial charge in [-0.25, -0.2) is 0 Å². The standard InChI is InChI=1S/C16H32O2.C3H10N2/c1-2-3-4-5-6-7-8-9-10-11-12-13-14-15-16(17)18;4-2-1-3-5/h2-15H2,1H3,(H,17,18);1-5H2. The van der Waals surface area contributed by atoms with Crippen molar-refractivity contribution in [2.45, 2.75) is 103 Å². The van der Waals surface area contributed by atoms with Crippen LogP contribution in [0.3, 0.4) is 0 Å². The van der Waals surface area contributed by atoms with Crippen molar-refractivity contribution >= 4 is 5.97 Å². The molecule has 5 N–H and O–H groups in total. The maximum absolute atomic E-state index is 10.3. The lowest BCUT2D eigenvalue weighted by Crippen LogP contribution is -2.06. The minimum absolute atomic E-state index is 0.345. The van der Waals surface area contributed by atoms with Crippen molar-refractivity contribution in [1.29, 1.82) is 0 Å². The van der Waals surface area contributed by atoms with E-state index in [0.717, 1.165) is 32.4 Å². The Balaban J connectivity index is 0. The summed E-state index contributed by atoms with van der Waals surface area (Å²) in [5.41, 5.74) is 10.1. The molecule has 23 heavy (non-hydrogen) atoms. The highest BCUT2D eigenvalue weighted by molar-refractivity contribution is 5.66. The predicted octanol–water partition coefficient (Wildman–Crippen LogP) is 4.85. The molecule has 0 aromatic carbocycles. The third-order valence-electron chi connectivity index (χ3n) is 3.90. The third kappa shape index (κ3) is 29.9. The lowest BCUT2D eigenvalue weighted by molar-refractivity contribution is -0.137. The van der Waals surface area contributed by atoms with E-state index in [9.17, 15) is 4.79 Å². The third-order valence-corrected chi connectivity index (χ3v) is 3.90. The number of hydrogen-bond acceptors (Lipinski definition) is 3. The van der Waals surface area contributed by atoms with Gasteiger partial charge in [-0.1, -0.05) is 84.0 Å². The second kappa shape index (κ2) is 23.7. The zero-order chi connectivity index (χ0) is 17.6. The van der Waals surface area contributed by atoms with Gasteiger partial charge in [0.1, 0.15) is 0 Å². The number of unbranched alkanes of at least 4 members (excludes halogenated alkanes) is 12. The Morgan fingerprint density at radius 2 is 1.00 bits per heavy atom. The molecule has 0 bridgehead atoms. The lowest BCUT2D eigenvalue weighted by atomic mass is 10.0. The molecule has 0 saturated carbocycles. The van der Waals surface area contributed by atoms with Crippen LogP contribution in [0.5, 0.6) is 0 Å². The van der Waals surface area contributed by atoms with E-state index < -0.39 is 5.97 Å². The quantitative estimate of drug-likeness (QED) is 0.353. The van der Waals surface area contributed by atoms with Gasteiger partial charge in [0.25, 0.3) is 0 Å². The summed E-state index contributed by atoms with van der Waals surface area (Å²) in [4.78, 5) is 10.3. The highest BCUT2D eigenvalue weighted by Crippen LogP contribution is 2.12. The van der Waals surface area contributed by atoms with E-state index in [-0.39, 0.29) is 0 Å². The summed E-state index contributed by atoms with van der Waals surface area (Å²) in [7, 11) is 0. The van der Waals surface area contributed by atoms with Crippen LogP contribution in [0.2, 0.25) is 0 Å². The molecule has 0 aromatic heterocycles. The minimum atomic E-state index is -0.655. The van der Waals surface area contributed by atoms with Crippen molar-refractivity contribution in [3.8, 4) is 0 Å². The van der Waals surface area contributed by atoms with Crippen LogP contribution in [0.4, 0.5) is 0 Å². The van der Waals surface area contributed by atoms with Crippen molar-refractivity contribution in [3.05, 3.63) is 0 Å². The normalized spacial score (nSPS) is 10.2. The number of carbonyl (C=O) groups is 1. The van der Waals surface area contributed by atoms with E-state index in [1.165, 1.54) is 70.6 Å². The molecule has 0 heterocycles. The molecule has 0 amide bonds.